The van der Waals surface area contributed by atoms with Crippen molar-refractivity contribution in [3.63, 3.8) is 0 Å². The molecule has 0 aromatic rings. The number of carbonyl (C=O) groups excluding carboxylic acids is 5. The average molecular weight is 539 g/mol. The van der Waals surface area contributed by atoms with Gasteiger partial charge in [0.05, 0.1) is 6.61 Å². The predicted octanol–water partition coefficient (Wildman–Crippen LogP) is 4.17. The van der Waals surface area contributed by atoms with Gasteiger partial charge in [-0.05, 0) is 12.8 Å². The summed E-state index contributed by atoms with van der Waals surface area (Å²) in [4.78, 5) is 54.8. The van der Waals surface area contributed by atoms with Crippen molar-refractivity contribution in [3.05, 3.63) is 0 Å². The maximum atomic E-state index is 11.2. The lowest BCUT2D eigenvalue weighted by molar-refractivity contribution is -0.165. The van der Waals surface area contributed by atoms with Crippen molar-refractivity contribution in [1.29, 1.82) is 0 Å². The second kappa shape index (κ2) is 27.9. The molecule has 37 heavy (non-hydrogen) atoms. The molecule has 220 valence electrons. The van der Waals surface area contributed by atoms with Gasteiger partial charge < -0.3 is 28.4 Å². The van der Waals surface area contributed by atoms with Crippen LogP contribution in [0.4, 0.5) is 0 Å². The molecule has 0 saturated heterocycles. The largest absolute Gasteiger partial charge is 0.462 e. The summed E-state index contributed by atoms with van der Waals surface area (Å²) in [6, 6.07) is 0. The standard InChI is InChI=1S/C12H20O6.C12H22O5.2CH4/c1-4-6-12(15)17-8-10(7-16-9(3)13)18-11(14)5-2;1-4-6-7-15-8-11(17-10(3)13)9-16-12(14)5-2;;/h10H,4-8H2,1-3H3;11H,4-9H2,1-3H3;2*1H4. The van der Waals surface area contributed by atoms with Crippen molar-refractivity contribution in [2.24, 2.45) is 0 Å². The van der Waals surface area contributed by atoms with Crippen LogP contribution < -0.4 is 0 Å². The van der Waals surface area contributed by atoms with Crippen LogP contribution >= 0.6 is 0 Å². The Balaban J connectivity index is -0.000000280. The molecule has 0 N–H and O–H groups in total. The van der Waals surface area contributed by atoms with Gasteiger partial charge in [0, 0.05) is 39.7 Å². The summed E-state index contributed by atoms with van der Waals surface area (Å²) in [6.07, 6.45) is 2.25. The Morgan fingerprint density at radius 2 is 1.11 bits per heavy atom. The molecule has 0 aromatic carbocycles. The summed E-state index contributed by atoms with van der Waals surface area (Å²) in [5.41, 5.74) is 0. The Bertz CT molecular complexity index is 620. The highest BCUT2D eigenvalue weighted by molar-refractivity contribution is 5.70. The first-order valence-corrected chi connectivity index (χ1v) is 12.0. The van der Waals surface area contributed by atoms with Crippen molar-refractivity contribution < 1.29 is 52.4 Å². The lowest BCUT2D eigenvalue weighted by Crippen LogP contribution is -2.30. The number of unbranched alkanes of at least 4 members (excludes halogenated alkanes) is 1. The Labute approximate surface area is 222 Å². The van der Waals surface area contributed by atoms with Gasteiger partial charge in [0.15, 0.2) is 12.2 Å². The molecule has 0 aromatic heterocycles. The Morgan fingerprint density at radius 1 is 0.595 bits per heavy atom. The highest BCUT2D eigenvalue weighted by atomic mass is 16.6. The van der Waals surface area contributed by atoms with E-state index in [1.54, 1.807) is 13.8 Å². The number of esters is 5. The summed E-state index contributed by atoms with van der Waals surface area (Å²) < 4.78 is 29.9. The quantitative estimate of drug-likeness (QED) is 0.150. The first-order chi connectivity index (χ1) is 16.6. The van der Waals surface area contributed by atoms with Crippen LogP contribution in [0.25, 0.3) is 0 Å². The van der Waals surface area contributed by atoms with E-state index in [1.807, 2.05) is 6.92 Å². The zero-order chi connectivity index (χ0) is 27.1. The third-order valence-corrected chi connectivity index (χ3v) is 3.94. The predicted molar refractivity (Wildman–Crippen MR) is 139 cm³/mol. The fraction of sp³-hybridized carbons (Fsp3) is 0.808. The number of hydrogen-bond acceptors (Lipinski definition) is 11. The zero-order valence-electron chi connectivity index (χ0n) is 21.9. The van der Waals surface area contributed by atoms with E-state index in [1.165, 1.54) is 13.8 Å². The Hall–Kier alpha value is -2.69. The van der Waals surface area contributed by atoms with Crippen LogP contribution in [-0.4, -0.2) is 75.1 Å². The molecule has 0 saturated carbocycles. The highest BCUT2D eigenvalue weighted by Gasteiger charge is 2.17. The fourth-order valence-corrected chi connectivity index (χ4v) is 2.16. The van der Waals surface area contributed by atoms with Crippen LogP contribution in [0.2, 0.25) is 0 Å². The van der Waals surface area contributed by atoms with Gasteiger partial charge in [-0.3, -0.25) is 24.0 Å². The lowest BCUT2D eigenvalue weighted by atomic mass is 10.3. The summed E-state index contributed by atoms with van der Waals surface area (Å²) in [5, 5.41) is 0. The molecule has 2 unspecified atom stereocenters. The minimum absolute atomic E-state index is 0. The van der Waals surface area contributed by atoms with E-state index in [2.05, 4.69) is 6.92 Å². The average Bonchev–Trinajstić information content (AvgIpc) is 2.81. The molecule has 0 amide bonds. The van der Waals surface area contributed by atoms with Gasteiger partial charge in [0.1, 0.15) is 19.8 Å². The zero-order valence-corrected chi connectivity index (χ0v) is 21.9. The van der Waals surface area contributed by atoms with Crippen LogP contribution in [0.15, 0.2) is 0 Å². The number of carbonyl (C=O) groups is 5. The topological polar surface area (TPSA) is 141 Å². The van der Waals surface area contributed by atoms with Crippen molar-refractivity contribution in [2.75, 3.05) is 33.0 Å². The summed E-state index contributed by atoms with van der Waals surface area (Å²) in [6.45, 7) is 10.6. The third kappa shape index (κ3) is 29.4. The normalized spacial score (nSPS) is 11.1. The van der Waals surface area contributed by atoms with Gasteiger partial charge in [-0.2, -0.15) is 0 Å². The van der Waals surface area contributed by atoms with Gasteiger partial charge in [0.2, 0.25) is 0 Å². The van der Waals surface area contributed by atoms with E-state index in [0.717, 1.165) is 12.8 Å². The molecule has 0 rings (SSSR count). The molecule has 0 bridgehead atoms. The fourth-order valence-electron chi connectivity index (χ4n) is 2.16. The van der Waals surface area contributed by atoms with E-state index in [0.29, 0.717) is 25.9 Å². The van der Waals surface area contributed by atoms with E-state index < -0.39 is 30.1 Å². The molecule has 11 heteroatoms. The molecule has 0 radical (unpaired) electrons. The molecule has 0 heterocycles. The monoisotopic (exact) mass is 538 g/mol. The van der Waals surface area contributed by atoms with Gasteiger partial charge in [-0.1, -0.05) is 49.0 Å². The van der Waals surface area contributed by atoms with E-state index in [9.17, 15) is 24.0 Å². The number of rotatable bonds is 17. The van der Waals surface area contributed by atoms with Crippen LogP contribution in [-0.2, 0) is 52.4 Å². The minimum atomic E-state index is -0.748. The van der Waals surface area contributed by atoms with Crippen LogP contribution in [0.1, 0.15) is 94.9 Å². The maximum absolute atomic E-state index is 11.2. The minimum Gasteiger partial charge on any atom is -0.462 e. The van der Waals surface area contributed by atoms with Gasteiger partial charge in [-0.15, -0.1) is 0 Å². The molecule has 11 nitrogen and oxygen atoms in total. The van der Waals surface area contributed by atoms with E-state index >= 15 is 0 Å². The smallest absolute Gasteiger partial charge is 0.306 e. The molecule has 0 aliphatic rings. The van der Waals surface area contributed by atoms with Gasteiger partial charge in [0.25, 0.3) is 0 Å². The van der Waals surface area contributed by atoms with Gasteiger partial charge >= 0.3 is 29.8 Å². The second-order valence-electron chi connectivity index (χ2n) is 7.40. The van der Waals surface area contributed by atoms with Crippen molar-refractivity contribution in [3.8, 4) is 0 Å². The van der Waals surface area contributed by atoms with Crippen molar-refractivity contribution in [2.45, 2.75) is 107 Å². The van der Waals surface area contributed by atoms with Crippen LogP contribution in [0, 0.1) is 0 Å². The molecule has 0 fully saturated rings. The maximum Gasteiger partial charge on any atom is 0.306 e. The van der Waals surface area contributed by atoms with E-state index in [4.69, 9.17) is 28.4 Å². The van der Waals surface area contributed by atoms with Crippen molar-refractivity contribution in [1.82, 2.24) is 0 Å². The summed E-state index contributed by atoms with van der Waals surface area (Å²) in [7, 11) is 0. The third-order valence-electron chi connectivity index (χ3n) is 3.94. The number of ether oxygens (including phenoxy) is 6. The highest BCUT2D eigenvalue weighted by Crippen LogP contribution is 2.01. The van der Waals surface area contributed by atoms with Gasteiger partial charge in [-0.25, -0.2) is 0 Å². The lowest BCUT2D eigenvalue weighted by Gasteiger charge is -2.17. The Kier molecular flexibility index (Phi) is 31.2. The molecular weight excluding hydrogens is 488 g/mol. The molecule has 0 aliphatic heterocycles. The molecular formula is C26H50O11. The molecule has 0 aliphatic carbocycles. The SMILES string of the molecule is C.C.CCCC(=O)OCC(COC(C)=O)OC(=O)CC.CCCCOCC(COC(=O)CC)OC(C)=O. The first-order valence-electron chi connectivity index (χ1n) is 12.0. The molecule has 0 spiro atoms. The number of hydrogen-bond donors (Lipinski definition) is 0. The van der Waals surface area contributed by atoms with Crippen LogP contribution in [0.3, 0.4) is 0 Å². The first kappa shape index (κ1) is 41.4. The molecule has 2 atom stereocenters. The Morgan fingerprint density at radius 3 is 1.57 bits per heavy atom. The van der Waals surface area contributed by atoms with Crippen molar-refractivity contribution >= 4 is 29.8 Å². The summed E-state index contributed by atoms with van der Waals surface area (Å²) >= 11 is 0. The van der Waals surface area contributed by atoms with E-state index in [-0.39, 0.29) is 59.6 Å². The summed E-state index contributed by atoms with van der Waals surface area (Å²) in [5.74, 6) is -1.98. The van der Waals surface area contributed by atoms with Crippen LogP contribution in [0.5, 0.6) is 0 Å². The second-order valence-corrected chi connectivity index (χ2v) is 7.40.